The summed E-state index contributed by atoms with van der Waals surface area (Å²) in [5.74, 6) is -0.211. The number of amides is 1. The third kappa shape index (κ3) is 2.82. The Labute approximate surface area is 91.5 Å². The average molecular weight is 258 g/mol. The first-order valence-corrected chi connectivity index (χ1v) is 5.12. The highest BCUT2D eigenvalue weighted by Crippen LogP contribution is 2.15. The molecule has 0 saturated heterocycles. The van der Waals surface area contributed by atoms with Gasteiger partial charge in [0.15, 0.2) is 0 Å². The van der Waals surface area contributed by atoms with E-state index in [1.54, 1.807) is 6.07 Å². The number of carbonyl (C=O) groups excluding carboxylic acids is 1. The van der Waals surface area contributed by atoms with Gasteiger partial charge < -0.3 is 0 Å². The predicted molar refractivity (Wildman–Crippen MR) is 58.0 cm³/mol. The summed E-state index contributed by atoms with van der Waals surface area (Å²) in [4.78, 5) is 16.3. The van der Waals surface area contributed by atoms with Crippen LogP contribution in [0.15, 0.2) is 22.7 Å². The van der Waals surface area contributed by atoms with Crippen molar-refractivity contribution in [3.8, 4) is 0 Å². The van der Waals surface area contributed by atoms with Gasteiger partial charge in [-0.15, -0.1) is 0 Å². The van der Waals surface area contributed by atoms with E-state index in [1.165, 1.54) is 0 Å². The molecule has 4 heteroatoms. The number of carbonyl (C=O) groups is 1. The predicted octanol–water partition coefficient (Wildman–Crippen LogP) is 2.44. The fraction of sp³-hybridized carbons (Fsp3) is 0.300. The van der Waals surface area contributed by atoms with E-state index in [0.717, 1.165) is 10.0 Å². The summed E-state index contributed by atoms with van der Waals surface area (Å²) >= 11 is 3.34. The van der Waals surface area contributed by atoms with E-state index in [-0.39, 0.29) is 5.91 Å². The van der Waals surface area contributed by atoms with E-state index in [2.05, 4.69) is 21.4 Å². The van der Waals surface area contributed by atoms with Crippen LogP contribution in [0.25, 0.3) is 0 Å². The van der Waals surface area contributed by atoms with Crippen LogP contribution >= 0.6 is 15.9 Å². The molecule has 0 saturated carbocycles. The fourth-order valence-corrected chi connectivity index (χ4v) is 1.55. The molecule has 1 rings (SSSR count). The summed E-state index contributed by atoms with van der Waals surface area (Å²) in [5.41, 5.74) is 3.89. The van der Waals surface area contributed by atoms with Gasteiger partial charge in [-0.2, -0.15) is 0 Å². The van der Waals surface area contributed by atoms with Crippen LogP contribution in [-0.4, -0.2) is 12.5 Å². The molecule has 0 spiro atoms. The summed E-state index contributed by atoms with van der Waals surface area (Å²) < 4.78 is 0.961. The molecule has 1 aromatic rings. The van der Waals surface area contributed by atoms with Crippen molar-refractivity contribution in [3.63, 3.8) is 0 Å². The Kier molecular flexibility index (Phi) is 4.10. The second-order valence-electron chi connectivity index (χ2n) is 2.82. The van der Waals surface area contributed by atoms with Crippen molar-refractivity contribution in [2.75, 3.05) is 6.61 Å². The second-order valence-corrected chi connectivity index (χ2v) is 3.74. The molecule has 0 aliphatic carbocycles. The van der Waals surface area contributed by atoms with Crippen molar-refractivity contribution in [2.24, 2.45) is 0 Å². The van der Waals surface area contributed by atoms with Crippen molar-refractivity contribution in [1.29, 1.82) is 0 Å². The second kappa shape index (κ2) is 5.12. The molecule has 0 aliphatic heterocycles. The number of nitrogens with one attached hydrogen (secondary N) is 1. The SMILES string of the molecule is CCONC(=O)c1ccc(Br)cc1C. The van der Waals surface area contributed by atoms with Gasteiger partial charge in [0, 0.05) is 10.0 Å². The van der Waals surface area contributed by atoms with Crippen LogP contribution in [0.5, 0.6) is 0 Å². The normalized spacial score (nSPS) is 9.93. The third-order valence-electron chi connectivity index (χ3n) is 1.74. The average Bonchev–Trinajstić information content (AvgIpc) is 2.14. The molecule has 0 unspecified atom stereocenters. The largest absolute Gasteiger partial charge is 0.275 e. The highest BCUT2D eigenvalue weighted by atomic mass is 79.9. The topological polar surface area (TPSA) is 38.3 Å². The van der Waals surface area contributed by atoms with Crippen LogP contribution in [0.3, 0.4) is 0 Å². The summed E-state index contributed by atoms with van der Waals surface area (Å²) in [6.45, 7) is 4.15. The maximum atomic E-state index is 11.5. The molecule has 0 aliphatic rings. The van der Waals surface area contributed by atoms with Gasteiger partial charge in [-0.05, 0) is 37.6 Å². The van der Waals surface area contributed by atoms with Crippen molar-refractivity contribution < 1.29 is 9.63 Å². The zero-order valence-electron chi connectivity index (χ0n) is 8.13. The molecule has 1 amide bonds. The Hall–Kier alpha value is -0.870. The van der Waals surface area contributed by atoms with E-state index in [0.29, 0.717) is 12.2 Å². The number of rotatable bonds is 3. The lowest BCUT2D eigenvalue weighted by Crippen LogP contribution is -2.24. The van der Waals surface area contributed by atoms with Gasteiger partial charge in [0.2, 0.25) is 0 Å². The molecule has 1 N–H and O–H groups in total. The van der Waals surface area contributed by atoms with Gasteiger partial charge in [0.05, 0.1) is 6.61 Å². The van der Waals surface area contributed by atoms with Crippen LogP contribution in [0.1, 0.15) is 22.8 Å². The summed E-state index contributed by atoms with van der Waals surface area (Å²) in [6, 6.07) is 5.47. The van der Waals surface area contributed by atoms with Crippen molar-refractivity contribution in [2.45, 2.75) is 13.8 Å². The molecular formula is C10H12BrNO2. The standard InChI is InChI=1S/C10H12BrNO2/c1-3-14-12-10(13)9-5-4-8(11)6-7(9)2/h4-6H,3H2,1-2H3,(H,12,13). The first-order valence-electron chi connectivity index (χ1n) is 4.33. The Morgan fingerprint density at radius 2 is 2.29 bits per heavy atom. The maximum Gasteiger partial charge on any atom is 0.275 e. The monoisotopic (exact) mass is 257 g/mol. The van der Waals surface area contributed by atoms with Gasteiger partial charge in [-0.1, -0.05) is 15.9 Å². The van der Waals surface area contributed by atoms with Crippen molar-refractivity contribution in [1.82, 2.24) is 5.48 Å². The lowest BCUT2D eigenvalue weighted by Gasteiger charge is -2.06. The Morgan fingerprint density at radius 3 is 2.86 bits per heavy atom. The molecular weight excluding hydrogens is 246 g/mol. The van der Waals surface area contributed by atoms with Crippen molar-refractivity contribution >= 4 is 21.8 Å². The van der Waals surface area contributed by atoms with Crippen LogP contribution in [0.4, 0.5) is 0 Å². The zero-order valence-corrected chi connectivity index (χ0v) is 9.72. The lowest BCUT2D eigenvalue weighted by atomic mass is 10.1. The van der Waals surface area contributed by atoms with E-state index >= 15 is 0 Å². The molecule has 0 radical (unpaired) electrons. The van der Waals surface area contributed by atoms with Crippen LogP contribution in [0.2, 0.25) is 0 Å². The summed E-state index contributed by atoms with van der Waals surface area (Å²) in [5, 5.41) is 0. The molecule has 0 aromatic heterocycles. The van der Waals surface area contributed by atoms with Gasteiger partial charge in [-0.25, -0.2) is 5.48 Å². The van der Waals surface area contributed by atoms with Gasteiger partial charge in [0.1, 0.15) is 0 Å². The highest BCUT2D eigenvalue weighted by Gasteiger charge is 2.08. The Morgan fingerprint density at radius 1 is 1.57 bits per heavy atom. The van der Waals surface area contributed by atoms with E-state index in [1.807, 2.05) is 26.0 Å². The Bertz CT molecular complexity index is 339. The number of aryl methyl sites for hydroxylation is 1. The van der Waals surface area contributed by atoms with Crippen LogP contribution in [-0.2, 0) is 4.84 Å². The Balaban J connectivity index is 2.80. The highest BCUT2D eigenvalue weighted by molar-refractivity contribution is 9.10. The van der Waals surface area contributed by atoms with Gasteiger partial charge in [0.25, 0.3) is 5.91 Å². The molecule has 1 aromatic carbocycles. The number of hydrogen-bond donors (Lipinski definition) is 1. The maximum absolute atomic E-state index is 11.5. The van der Waals surface area contributed by atoms with E-state index < -0.39 is 0 Å². The summed E-state index contributed by atoms with van der Waals surface area (Å²) in [6.07, 6.45) is 0. The quantitative estimate of drug-likeness (QED) is 0.845. The molecule has 0 bridgehead atoms. The fourth-order valence-electron chi connectivity index (χ4n) is 1.07. The molecule has 0 fully saturated rings. The first kappa shape index (κ1) is 11.2. The molecule has 0 atom stereocenters. The van der Waals surface area contributed by atoms with Gasteiger partial charge >= 0.3 is 0 Å². The molecule has 14 heavy (non-hydrogen) atoms. The van der Waals surface area contributed by atoms with Crippen molar-refractivity contribution in [3.05, 3.63) is 33.8 Å². The number of benzene rings is 1. The molecule has 3 nitrogen and oxygen atoms in total. The first-order chi connectivity index (χ1) is 6.65. The summed E-state index contributed by atoms with van der Waals surface area (Å²) in [7, 11) is 0. The molecule has 76 valence electrons. The number of hydrogen-bond acceptors (Lipinski definition) is 2. The van der Waals surface area contributed by atoms with Gasteiger partial charge in [-0.3, -0.25) is 9.63 Å². The van der Waals surface area contributed by atoms with Crippen LogP contribution < -0.4 is 5.48 Å². The minimum absolute atomic E-state index is 0.211. The lowest BCUT2D eigenvalue weighted by molar-refractivity contribution is 0.0364. The minimum Gasteiger partial charge on any atom is -0.274 e. The number of hydroxylamine groups is 1. The number of halogens is 1. The molecule has 0 heterocycles. The smallest absolute Gasteiger partial charge is 0.274 e. The van der Waals surface area contributed by atoms with Crippen LogP contribution in [0, 0.1) is 6.92 Å². The third-order valence-corrected chi connectivity index (χ3v) is 2.24. The van der Waals surface area contributed by atoms with E-state index in [4.69, 9.17) is 4.84 Å². The zero-order chi connectivity index (χ0) is 10.6. The van der Waals surface area contributed by atoms with E-state index in [9.17, 15) is 4.79 Å². The minimum atomic E-state index is -0.211.